The molecule has 0 aromatic carbocycles. The van der Waals surface area contributed by atoms with E-state index in [0.717, 1.165) is 5.70 Å². The lowest BCUT2D eigenvalue weighted by molar-refractivity contribution is -0.140. The number of carbonyl (C=O) groups is 2. The van der Waals surface area contributed by atoms with Gasteiger partial charge in [-0.05, 0) is 18.6 Å². The average Bonchev–Trinajstić information content (AvgIpc) is 2.32. The van der Waals surface area contributed by atoms with Crippen LogP contribution in [0.1, 0.15) is 6.42 Å². The van der Waals surface area contributed by atoms with Gasteiger partial charge >= 0.3 is 0 Å². The molecule has 0 spiro atoms. The number of Topliss-reactive ketones (excluding diaryl/α,β-unsaturated/α-hetero) is 1. The van der Waals surface area contributed by atoms with E-state index < -0.39 is 5.91 Å². The number of hydrogen-bond acceptors (Lipinski definition) is 2. The highest BCUT2D eigenvalue weighted by molar-refractivity contribution is 6.41. The highest BCUT2D eigenvalue weighted by atomic mass is 35.5. The predicted molar refractivity (Wildman–Crippen MR) is 47.9 cm³/mol. The quantitative estimate of drug-likeness (QED) is 0.545. The van der Waals surface area contributed by atoms with Gasteiger partial charge in [0.2, 0.25) is 5.78 Å². The molecular formula is C9H8ClNO2. The van der Waals surface area contributed by atoms with Crippen molar-refractivity contribution in [2.75, 3.05) is 7.05 Å². The average molecular weight is 198 g/mol. The van der Waals surface area contributed by atoms with E-state index in [1.54, 1.807) is 19.2 Å². The molecule has 0 aromatic rings. The molecule has 68 valence electrons. The second-order valence-corrected chi connectivity index (χ2v) is 3.68. The summed E-state index contributed by atoms with van der Waals surface area (Å²) < 4.78 is 0. The maximum absolute atomic E-state index is 11.4. The van der Waals surface area contributed by atoms with Crippen molar-refractivity contribution in [3.63, 3.8) is 0 Å². The van der Waals surface area contributed by atoms with Gasteiger partial charge in [0, 0.05) is 17.8 Å². The van der Waals surface area contributed by atoms with Crippen molar-refractivity contribution < 1.29 is 9.59 Å². The highest BCUT2D eigenvalue weighted by Crippen LogP contribution is 2.34. The number of likely N-dealkylation sites (N-methyl/N-ethyl adjacent to an activating group) is 1. The van der Waals surface area contributed by atoms with Crippen LogP contribution >= 0.6 is 11.6 Å². The van der Waals surface area contributed by atoms with E-state index in [-0.39, 0.29) is 11.7 Å². The number of halogens is 1. The summed E-state index contributed by atoms with van der Waals surface area (Å²) in [7, 11) is 1.61. The molecule has 4 heteroatoms. The van der Waals surface area contributed by atoms with Gasteiger partial charge < -0.3 is 4.90 Å². The fraction of sp³-hybridized carbons (Fsp3) is 0.333. The summed E-state index contributed by atoms with van der Waals surface area (Å²) >= 11 is 5.78. The number of carbonyl (C=O) groups excluding carboxylic acids is 2. The van der Waals surface area contributed by atoms with Gasteiger partial charge in [-0.3, -0.25) is 9.59 Å². The number of hydrogen-bond donors (Lipinski definition) is 0. The van der Waals surface area contributed by atoms with Gasteiger partial charge in [-0.2, -0.15) is 0 Å². The van der Waals surface area contributed by atoms with Crippen LogP contribution in [0.3, 0.4) is 0 Å². The van der Waals surface area contributed by atoms with E-state index in [1.807, 2.05) is 0 Å². The zero-order chi connectivity index (χ0) is 9.59. The number of ketones is 1. The Labute approximate surface area is 80.7 Å². The minimum atomic E-state index is -0.434. The first-order chi connectivity index (χ1) is 6.11. The number of nitrogens with zero attached hydrogens (tertiary/aromatic N) is 1. The Morgan fingerprint density at radius 3 is 2.85 bits per heavy atom. The molecule has 1 heterocycles. The second-order valence-electron chi connectivity index (χ2n) is 3.19. The molecule has 1 atom stereocenters. The van der Waals surface area contributed by atoms with E-state index >= 15 is 0 Å². The van der Waals surface area contributed by atoms with Crippen LogP contribution in [0.5, 0.6) is 0 Å². The number of amides is 1. The summed E-state index contributed by atoms with van der Waals surface area (Å²) in [6.07, 6.45) is 3.93. The van der Waals surface area contributed by atoms with Crippen molar-refractivity contribution in [2.24, 2.45) is 5.92 Å². The van der Waals surface area contributed by atoms with Crippen LogP contribution in [0, 0.1) is 5.92 Å². The van der Waals surface area contributed by atoms with Crippen LogP contribution in [0.4, 0.5) is 0 Å². The van der Waals surface area contributed by atoms with Gasteiger partial charge in [-0.25, -0.2) is 0 Å². The molecule has 13 heavy (non-hydrogen) atoms. The third kappa shape index (κ3) is 1.11. The van der Waals surface area contributed by atoms with Gasteiger partial charge in [-0.1, -0.05) is 11.6 Å². The van der Waals surface area contributed by atoms with Crippen molar-refractivity contribution in [3.05, 3.63) is 22.9 Å². The summed E-state index contributed by atoms with van der Waals surface area (Å²) in [5, 5.41) is 0.630. The molecular weight excluding hydrogens is 190 g/mol. The highest BCUT2D eigenvalue weighted by Gasteiger charge is 2.42. The second kappa shape index (κ2) is 2.70. The van der Waals surface area contributed by atoms with Crippen LogP contribution in [-0.4, -0.2) is 23.6 Å². The lowest BCUT2D eigenvalue weighted by Gasteiger charge is -2.16. The molecule has 1 fully saturated rings. The summed E-state index contributed by atoms with van der Waals surface area (Å²) in [4.78, 5) is 24.0. The molecule has 0 aromatic heterocycles. The summed E-state index contributed by atoms with van der Waals surface area (Å²) in [6, 6.07) is 0. The molecule has 0 N–H and O–H groups in total. The number of allylic oxidation sites excluding steroid dienone is 4. The van der Waals surface area contributed by atoms with Crippen molar-refractivity contribution in [2.45, 2.75) is 6.42 Å². The maximum atomic E-state index is 11.4. The van der Waals surface area contributed by atoms with Gasteiger partial charge in [-0.15, -0.1) is 0 Å². The number of fused-ring (bicyclic) bond motifs is 1. The van der Waals surface area contributed by atoms with Crippen LogP contribution in [-0.2, 0) is 9.59 Å². The molecule has 0 radical (unpaired) electrons. The first kappa shape index (κ1) is 8.51. The van der Waals surface area contributed by atoms with Gasteiger partial charge in [0.1, 0.15) is 0 Å². The van der Waals surface area contributed by atoms with Crippen LogP contribution in [0.25, 0.3) is 0 Å². The third-order valence-electron chi connectivity index (χ3n) is 2.41. The molecule has 1 unspecified atom stereocenters. The zero-order valence-corrected chi connectivity index (χ0v) is 7.84. The molecule has 0 bridgehead atoms. The molecule has 3 nitrogen and oxygen atoms in total. The molecule has 1 amide bonds. The first-order valence-corrected chi connectivity index (χ1v) is 4.37. The van der Waals surface area contributed by atoms with Gasteiger partial charge in [0.15, 0.2) is 0 Å². The van der Waals surface area contributed by atoms with Crippen LogP contribution in [0.15, 0.2) is 22.9 Å². The number of likely N-dealkylation sites (tertiary alicyclic amines) is 1. The monoisotopic (exact) mass is 197 g/mol. The Kier molecular flexibility index (Phi) is 1.77. The maximum Gasteiger partial charge on any atom is 0.294 e. The van der Waals surface area contributed by atoms with Crippen molar-refractivity contribution >= 4 is 23.3 Å². The minimum Gasteiger partial charge on any atom is -0.312 e. The van der Waals surface area contributed by atoms with E-state index in [1.165, 1.54) is 4.90 Å². The van der Waals surface area contributed by atoms with Crippen molar-refractivity contribution in [3.8, 4) is 0 Å². The zero-order valence-electron chi connectivity index (χ0n) is 7.08. The van der Waals surface area contributed by atoms with E-state index in [0.29, 0.717) is 11.5 Å². The lowest BCUT2D eigenvalue weighted by Crippen LogP contribution is -2.21. The van der Waals surface area contributed by atoms with E-state index in [9.17, 15) is 9.59 Å². The SMILES string of the molecule is CN1C(=O)C(=O)C2CC(Cl)=CC=C21. The topological polar surface area (TPSA) is 37.4 Å². The summed E-state index contributed by atoms with van der Waals surface area (Å²) in [5.74, 6) is -1.12. The third-order valence-corrected chi connectivity index (χ3v) is 2.69. The van der Waals surface area contributed by atoms with Gasteiger partial charge in [0.25, 0.3) is 5.91 Å². The smallest absolute Gasteiger partial charge is 0.294 e. The fourth-order valence-corrected chi connectivity index (χ4v) is 1.88. The van der Waals surface area contributed by atoms with E-state index in [2.05, 4.69) is 0 Å². The Morgan fingerprint density at radius 2 is 2.15 bits per heavy atom. The largest absolute Gasteiger partial charge is 0.312 e. The van der Waals surface area contributed by atoms with Crippen LogP contribution < -0.4 is 0 Å². The molecule has 2 rings (SSSR count). The molecule has 1 saturated heterocycles. The first-order valence-electron chi connectivity index (χ1n) is 3.99. The Hall–Kier alpha value is -1.09. The van der Waals surface area contributed by atoms with E-state index in [4.69, 9.17) is 11.6 Å². The summed E-state index contributed by atoms with van der Waals surface area (Å²) in [5.41, 5.74) is 0.763. The predicted octanol–water partition coefficient (Wildman–Crippen LogP) is 1.05. The summed E-state index contributed by atoms with van der Waals surface area (Å²) in [6.45, 7) is 0. The minimum absolute atomic E-state index is 0.338. The van der Waals surface area contributed by atoms with Gasteiger partial charge in [0.05, 0.1) is 5.92 Å². The molecule has 1 aliphatic heterocycles. The normalized spacial score (nSPS) is 27.2. The Bertz CT molecular complexity index is 357. The Morgan fingerprint density at radius 1 is 1.46 bits per heavy atom. The molecule has 1 aliphatic carbocycles. The Balaban J connectivity index is 2.43. The number of rotatable bonds is 0. The van der Waals surface area contributed by atoms with Crippen LogP contribution in [0.2, 0.25) is 0 Å². The van der Waals surface area contributed by atoms with Crippen molar-refractivity contribution in [1.29, 1.82) is 0 Å². The van der Waals surface area contributed by atoms with Crippen molar-refractivity contribution in [1.82, 2.24) is 4.90 Å². The molecule has 2 aliphatic rings. The molecule has 0 saturated carbocycles. The lowest BCUT2D eigenvalue weighted by atomic mass is 9.96. The standard InChI is InChI=1S/C9H8ClNO2/c1-11-7-3-2-5(10)4-6(7)8(12)9(11)13/h2-3,6H,4H2,1H3. The fourth-order valence-electron chi connectivity index (χ4n) is 1.66.